The molecule has 1 heterocycles. The van der Waals surface area contributed by atoms with E-state index in [-0.39, 0.29) is 11.5 Å². The van der Waals surface area contributed by atoms with Gasteiger partial charge in [-0.15, -0.1) is 0 Å². The van der Waals surface area contributed by atoms with E-state index in [9.17, 15) is 19.1 Å². The lowest BCUT2D eigenvalue weighted by Gasteiger charge is -2.31. The van der Waals surface area contributed by atoms with Crippen LogP contribution in [0.25, 0.3) is 10.9 Å². The molecule has 0 radical (unpaired) electrons. The minimum atomic E-state index is -1.34. The Bertz CT molecular complexity index is 734. The zero-order chi connectivity index (χ0) is 15.9. The summed E-state index contributed by atoms with van der Waals surface area (Å²) < 4.78 is 13.4. The van der Waals surface area contributed by atoms with Crippen molar-refractivity contribution in [1.82, 2.24) is 9.88 Å². The van der Waals surface area contributed by atoms with Crippen LogP contribution in [-0.4, -0.2) is 39.5 Å². The summed E-state index contributed by atoms with van der Waals surface area (Å²) in [5, 5.41) is 9.91. The van der Waals surface area contributed by atoms with Gasteiger partial charge in [0.1, 0.15) is 17.1 Å². The van der Waals surface area contributed by atoms with Crippen LogP contribution in [0.5, 0.6) is 0 Å². The number of rotatable bonds is 3. The quantitative estimate of drug-likeness (QED) is 0.913. The average Bonchev–Trinajstić information content (AvgIpc) is 2.80. The topological polar surface area (TPSA) is 73.4 Å². The van der Waals surface area contributed by atoms with Crippen LogP contribution in [0.4, 0.5) is 4.39 Å². The molecule has 1 amide bonds. The predicted molar refractivity (Wildman–Crippen MR) is 76.8 cm³/mol. The van der Waals surface area contributed by atoms with Crippen molar-refractivity contribution in [3.05, 3.63) is 35.3 Å². The molecule has 112 valence electrons. The van der Waals surface area contributed by atoms with E-state index in [4.69, 9.17) is 0 Å². The summed E-state index contributed by atoms with van der Waals surface area (Å²) in [6.07, 6.45) is 0. The molecule has 2 N–H and O–H groups in total. The summed E-state index contributed by atoms with van der Waals surface area (Å²) in [4.78, 5) is 27.6. The molecule has 1 aromatic carbocycles. The summed E-state index contributed by atoms with van der Waals surface area (Å²) in [7, 11) is 1.43. The molecule has 0 aliphatic rings. The second-order valence-electron chi connectivity index (χ2n) is 5.60. The highest BCUT2D eigenvalue weighted by molar-refractivity contribution is 6.00. The number of carboxylic acid groups (broad SMARTS) is 1. The largest absolute Gasteiger partial charge is 0.480 e. The fraction of sp³-hybridized carbons (Fsp3) is 0.333. The van der Waals surface area contributed by atoms with Crippen molar-refractivity contribution in [2.75, 3.05) is 7.05 Å². The number of likely N-dealkylation sites (N-methyl/N-ethyl adjacent to an activating group) is 1. The summed E-state index contributed by atoms with van der Waals surface area (Å²) in [6, 6.07) is 4.30. The number of aromatic nitrogens is 1. The second-order valence-corrected chi connectivity index (χ2v) is 5.60. The summed E-state index contributed by atoms with van der Waals surface area (Å²) in [5.74, 6) is -1.95. The fourth-order valence-electron chi connectivity index (χ4n) is 2.07. The van der Waals surface area contributed by atoms with Gasteiger partial charge in [0.15, 0.2) is 0 Å². The van der Waals surface area contributed by atoms with E-state index in [1.54, 1.807) is 13.0 Å². The molecule has 1 aromatic heterocycles. The van der Waals surface area contributed by atoms with E-state index < -0.39 is 17.4 Å². The van der Waals surface area contributed by atoms with Crippen LogP contribution in [0.1, 0.15) is 29.9 Å². The number of halogens is 1. The minimum Gasteiger partial charge on any atom is -0.480 e. The Kier molecular flexibility index (Phi) is 3.49. The van der Waals surface area contributed by atoms with Crippen LogP contribution in [0, 0.1) is 12.7 Å². The molecule has 0 unspecified atom stereocenters. The first-order chi connectivity index (χ1) is 9.64. The summed E-state index contributed by atoms with van der Waals surface area (Å²) in [6.45, 7) is 4.64. The van der Waals surface area contributed by atoms with Gasteiger partial charge in [-0.1, -0.05) is 0 Å². The standard InChI is InChI=1S/C15H17FN2O3/c1-8-5-9(16)6-11-10(8)7-12(17-11)13(19)18(4)15(2,3)14(20)21/h5-7,17H,1-4H3,(H,20,21). The lowest BCUT2D eigenvalue weighted by Crippen LogP contribution is -2.50. The van der Waals surface area contributed by atoms with Crippen molar-refractivity contribution in [3.63, 3.8) is 0 Å². The summed E-state index contributed by atoms with van der Waals surface area (Å²) >= 11 is 0. The van der Waals surface area contributed by atoms with Crippen molar-refractivity contribution in [3.8, 4) is 0 Å². The highest BCUT2D eigenvalue weighted by Gasteiger charge is 2.36. The number of hydrogen-bond acceptors (Lipinski definition) is 2. The summed E-state index contributed by atoms with van der Waals surface area (Å²) in [5.41, 5.74) is 0.114. The Morgan fingerprint density at radius 1 is 1.29 bits per heavy atom. The van der Waals surface area contributed by atoms with Gasteiger partial charge in [0, 0.05) is 18.0 Å². The van der Waals surface area contributed by atoms with E-state index in [0.717, 1.165) is 10.3 Å². The van der Waals surface area contributed by atoms with Gasteiger partial charge in [-0.05, 0) is 44.5 Å². The van der Waals surface area contributed by atoms with Crippen molar-refractivity contribution < 1.29 is 19.1 Å². The van der Waals surface area contributed by atoms with E-state index in [2.05, 4.69) is 4.98 Å². The molecule has 2 rings (SSSR count). The molecule has 0 fully saturated rings. The Morgan fingerprint density at radius 2 is 1.90 bits per heavy atom. The SMILES string of the molecule is Cc1cc(F)cc2[nH]c(C(=O)N(C)C(C)(C)C(=O)O)cc12. The molecule has 0 bridgehead atoms. The van der Waals surface area contributed by atoms with Gasteiger partial charge < -0.3 is 15.0 Å². The van der Waals surface area contributed by atoms with Crippen LogP contribution >= 0.6 is 0 Å². The highest BCUT2D eigenvalue weighted by atomic mass is 19.1. The van der Waals surface area contributed by atoms with Gasteiger partial charge in [-0.3, -0.25) is 4.79 Å². The molecule has 0 atom stereocenters. The maximum Gasteiger partial charge on any atom is 0.329 e. The average molecular weight is 292 g/mol. The van der Waals surface area contributed by atoms with E-state index in [0.29, 0.717) is 11.1 Å². The Labute approximate surface area is 121 Å². The third-order valence-electron chi connectivity index (χ3n) is 3.81. The number of aliphatic carboxylic acids is 1. The van der Waals surface area contributed by atoms with E-state index in [1.165, 1.54) is 33.0 Å². The first-order valence-corrected chi connectivity index (χ1v) is 6.45. The normalized spacial score (nSPS) is 11.7. The lowest BCUT2D eigenvalue weighted by molar-refractivity contribution is -0.147. The van der Waals surface area contributed by atoms with Crippen LogP contribution in [-0.2, 0) is 4.79 Å². The van der Waals surface area contributed by atoms with Gasteiger partial charge in [0.05, 0.1) is 0 Å². The van der Waals surface area contributed by atoms with Crippen LogP contribution in [0.2, 0.25) is 0 Å². The lowest BCUT2D eigenvalue weighted by atomic mass is 10.0. The fourth-order valence-corrected chi connectivity index (χ4v) is 2.07. The number of nitrogens with zero attached hydrogens (tertiary/aromatic N) is 1. The number of carbonyl (C=O) groups excluding carboxylic acids is 1. The zero-order valence-electron chi connectivity index (χ0n) is 12.3. The molecule has 5 nitrogen and oxygen atoms in total. The Morgan fingerprint density at radius 3 is 2.48 bits per heavy atom. The third-order valence-corrected chi connectivity index (χ3v) is 3.81. The van der Waals surface area contributed by atoms with Crippen LogP contribution < -0.4 is 0 Å². The molecular formula is C15H17FN2O3. The zero-order valence-corrected chi connectivity index (χ0v) is 12.3. The maximum atomic E-state index is 13.4. The minimum absolute atomic E-state index is 0.232. The molecular weight excluding hydrogens is 275 g/mol. The van der Waals surface area contributed by atoms with Gasteiger partial charge >= 0.3 is 5.97 Å². The number of carbonyl (C=O) groups is 2. The first kappa shape index (κ1) is 15.0. The Hall–Kier alpha value is -2.37. The van der Waals surface area contributed by atoms with E-state index >= 15 is 0 Å². The molecule has 0 saturated carbocycles. The van der Waals surface area contributed by atoms with Crippen molar-refractivity contribution >= 4 is 22.8 Å². The highest BCUT2D eigenvalue weighted by Crippen LogP contribution is 2.23. The van der Waals surface area contributed by atoms with E-state index in [1.807, 2.05) is 0 Å². The molecule has 6 heteroatoms. The Balaban J connectivity index is 2.45. The number of aromatic amines is 1. The third kappa shape index (κ3) is 2.49. The first-order valence-electron chi connectivity index (χ1n) is 6.45. The number of aryl methyl sites for hydroxylation is 1. The molecule has 0 aliphatic carbocycles. The van der Waals surface area contributed by atoms with Gasteiger partial charge in [-0.2, -0.15) is 0 Å². The number of amides is 1. The second kappa shape index (κ2) is 4.87. The molecule has 0 aliphatic heterocycles. The van der Waals surface area contributed by atoms with Gasteiger partial charge in [0.2, 0.25) is 0 Å². The molecule has 0 saturated heterocycles. The smallest absolute Gasteiger partial charge is 0.329 e. The number of benzene rings is 1. The number of fused-ring (bicyclic) bond motifs is 1. The molecule has 2 aromatic rings. The van der Waals surface area contributed by atoms with Crippen molar-refractivity contribution in [2.45, 2.75) is 26.3 Å². The number of H-pyrrole nitrogens is 1. The van der Waals surface area contributed by atoms with Crippen LogP contribution in [0.3, 0.4) is 0 Å². The maximum absolute atomic E-state index is 13.4. The van der Waals surface area contributed by atoms with Gasteiger partial charge in [0.25, 0.3) is 5.91 Å². The van der Waals surface area contributed by atoms with Crippen molar-refractivity contribution in [2.24, 2.45) is 0 Å². The number of carboxylic acids is 1. The monoisotopic (exact) mass is 292 g/mol. The number of hydrogen-bond donors (Lipinski definition) is 2. The molecule has 0 spiro atoms. The molecule has 21 heavy (non-hydrogen) atoms. The van der Waals surface area contributed by atoms with Crippen LogP contribution in [0.15, 0.2) is 18.2 Å². The van der Waals surface area contributed by atoms with Crippen molar-refractivity contribution in [1.29, 1.82) is 0 Å². The van der Waals surface area contributed by atoms with Gasteiger partial charge in [-0.25, -0.2) is 9.18 Å². The number of nitrogens with one attached hydrogen (secondary N) is 1. The predicted octanol–water partition coefficient (Wildman–Crippen LogP) is 2.55.